The van der Waals surface area contributed by atoms with Crippen LogP contribution in [0.5, 0.6) is 0 Å². The number of likely N-dealkylation sites (tertiary alicyclic amines) is 1. The van der Waals surface area contributed by atoms with E-state index >= 15 is 0 Å². The predicted octanol–water partition coefficient (Wildman–Crippen LogP) is 3.20. The molecule has 1 saturated heterocycles. The molecule has 1 aliphatic heterocycles. The van der Waals surface area contributed by atoms with Crippen molar-refractivity contribution < 1.29 is 4.42 Å². The van der Waals surface area contributed by atoms with Gasteiger partial charge in [0.15, 0.2) is 0 Å². The summed E-state index contributed by atoms with van der Waals surface area (Å²) in [6.07, 6.45) is 6.63. The van der Waals surface area contributed by atoms with Crippen molar-refractivity contribution in [1.29, 1.82) is 0 Å². The number of hydrogen-bond acceptors (Lipinski definition) is 3. The molecule has 2 N–H and O–H groups in total. The van der Waals surface area contributed by atoms with Gasteiger partial charge in [0.1, 0.15) is 11.5 Å². The van der Waals surface area contributed by atoms with Crippen LogP contribution in [0.2, 0.25) is 0 Å². The van der Waals surface area contributed by atoms with Crippen LogP contribution < -0.4 is 5.73 Å². The lowest BCUT2D eigenvalue weighted by molar-refractivity contribution is 0.122. The number of hydrogen-bond donors (Lipinski definition) is 1. The van der Waals surface area contributed by atoms with Crippen molar-refractivity contribution in [3.05, 3.63) is 23.2 Å². The summed E-state index contributed by atoms with van der Waals surface area (Å²) in [5, 5.41) is 0. The Bertz CT molecular complexity index is 371. The monoisotopic (exact) mass is 250 g/mol. The Morgan fingerprint density at radius 3 is 2.94 bits per heavy atom. The molecule has 0 spiro atoms. The molecular weight excluding hydrogens is 224 g/mol. The van der Waals surface area contributed by atoms with E-state index in [0.29, 0.717) is 6.54 Å². The smallest absolute Gasteiger partial charge is 0.118 e. The first-order valence-corrected chi connectivity index (χ1v) is 7.27. The number of aryl methyl sites for hydroxylation is 1. The molecule has 0 radical (unpaired) electrons. The summed E-state index contributed by atoms with van der Waals surface area (Å²) >= 11 is 0. The summed E-state index contributed by atoms with van der Waals surface area (Å²) in [6, 6.07) is 2.88. The van der Waals surface area contributed by atoms with Gasteiger partial charge >= 0.3 is 0 Å². The normalized spacial score (nSPS) is 21.4. The molecule has 1 fully saturated rings. The van der Waals surface area contributed by atoms with E-state index in [0.717, 1.165) is 29.7 Å². The van der Waals surface area contributed by atoms with Crippen LogP contribution in [0.3, 0.4) is 0 Å². The summed E-state index contributed by atoms with van der Waals surface area (Å²) in [5.41, 5.74) is 6.85. The van der Waals surface area contributed by atoms with E-state index in [1.807, 2.05) is 6.92 Å². The van der Waals surface area contributed by atoms with Crippen LogP contribution in [-0.4, -0.2) is 17.5 Å². The minimum Gasteiger partial charge on any atom is -0.465 e. The van der Waals surface area contributed by atoms with E-state index in [2.05, 4.69) is 17.9 Å². The molecular formula is C15H26N2O. The lowest BCUT2D eigenvalue weighted by Gasteiger charge is -2.35. The molecule has 0 amide bonds. The van der Waals surface area contributed by atoms with Crippen LogP contribution in [0, 0.1) is 6.92 Å². The second-order valence-corrected chi connectivity index (χ2v) is 5.41. The molecule has 102 valence electrons. The Hall–Kier alpha value is -0.800. The average Bonchev–Trinajstić information content (AvgIpc) is 2.72. The van der Waals surface area contributed by atoms with Crippen LogP contribution >= 0.6 is 0 Å². The lowest BCUT2D eigenvalue weighted by Crippen LogP contribution is -2.38. The topological polar surface area (TPSA) is 42.4 Å². The van der Waals surface area contributed by atoms with E-state index in [-0.39, 0.29) is 0 Å². The maximum Gasteiger partial charge on any atom is 0.118 e. The molecule has 1 atom stereocenters. The largest absolute Gasteiger partial charge is 0.465 e. The number of furan rings is 1. The third-order valence-electron chi connectivity index (χ3n) is 4.02. The molecule has 1 unspecified atom stereocenters. The molecule has 0 aliphatic carbocycles. The fraction of sp³-hybridized carbons (Fsp3) is 0.733. The minimum absolute atomic E-state index is 0.577. The Morgan fingerprint density at radius 1 is 1.44 bits per heavy atom. The maximum absolute atomic E-state index is 5.81. The zero-order valence-electron chi connectivity index (χ0n) is 11.7. The molecule has 0 saturated carbocycles. The zero-order chi connectivity index (χ0) is 13.0. The van der Waals surface area contributed by atoms with Crippen LogP contribution in [0.15, 0.2) is 10.5 Å². The summed E-state index contributed by atoms with van der Waals surface area (Å²) in [4.78, 5) is 2.59. The molecule has 3 nitrogen and oxygen atoms in total. The van der Waals surface area contributed by atoms with Gasteiger partial charge < -0.3 is 10.2 Å². The quantitative estimate of drug-likeness (QED) is 0.872. The molecule has 1 aromatic heterocycles. The van der Waals surface area contributed by atoms with Crippen molar-refractivity contribution in [2.24, 2.45) is 5.73 Å². The van der Waals surface area contributed by atoms with Crippen molar-refractivity contribution in [1.82, 2.24) is 4.90 Å². The first-order valence-electron chi connectivity index (χ1n) is 7.27. The van der Waals surface area contributed by atoms with Gasteiger partial charge in [-0.05, 0) is 38.8 Å². The molecule has 18 heavy (non-hydrogen) atoms. The first-order chi connectivity index (χ1) is 8.74. The van der Waals surface area contributed by atoms with Crippen molar-refractivity contribution >= 4 is 0 Å². The fourth-order valence-corrected chi connectivity index (χ4v) is 3.00. The molecule has 0 aromatic carbocycles. The Labute approximate surface area is 110 Å². The van der Waals surface area contributed by atoms with Crippen LogP contribution in [0.25, 0.3) is 0 Å². The fourth-order valence-electron chi connectivity index (χ4n) is 3.00. The number of piperidine rings is 1. The van der Waals surface area contributed by atoms with Gasteiger partial charge in [-0.15, -0.1) is 0 Å². The standard InChI is InChI=1S/C15H26N2O/c1-3-6-14-7-4-5-8-17(14)11-15-9-13(10-16)12(2)18-15/h9,14H,3-8,10-11,16H2,1-2H3. The number of rotatable bonds is 5. The summed E-state index contributed by atoms with van der Waals surface area (Å²) in [7, 11) is 0. The molecule has 3 heteroatoms. The van der Waals surface area contributed by atoms with Gasteiger partial charge in [-0.25, -0.2) is 0 Å². The van der Waals surface area contributed by atoms with Crippen LogP contribution in [-0.2, 0) is 13.1 Å². The van der Waals surface area contributed by atoms with Crippen molar-refractivity contribution in [3.63, 3.8) is 0 Å². The van der Waals surface area contributed by atoms with E-state index in [1.165, 1.54) is 38.6 Å². The van der Waals surface area contributed by atoms with Crippen molar-refractivity contribution in [2.45, 2.75) is 65.1 Å². The van der Waals surface area contributed by atoms with Gasteiger partial charge in [0.05, 0.1) is 6.54 Å². The molecule has 1 aliphatic rings. The van der Waals surface area contributed by atoms with E-state index < -0.39 is 0 Å². The number of nitrogens with zero attached hydrogens (tertiary/aromatic N) is 1. The maximum atomic E-state index is 5.81. The minimum atomic E-state index is 0.577. The average molecular weight is 250 g/mol. The Morgan fingerprint density at radius 2 is 2.28 bits per heavy atom. The van der Waals surface area contributed by atoms with E-state index in [9.17, 15) is 0 Å². The van der Waals surface area contributed by atoms with Crippen LogP contribution in [0.1, 0.15) is 56.1 Å². The van der Waals surface area contributed by atoms with Crippen LogP contribution in [0.4, 0.5) is 0 Å². The zero-order valence-corrected chi connectivity index (χ0v) is 11.7. The summed E-state index contributed by atoms with van der Waals surface area (Å²) < 4.78 is 5.81. The highest BCUT2D eigenvalue weighted by Gasteiger charge is 2.22. The van der Waals surface area contributed by atoms with E-state index in [4.69, 9.17) is 10.2 Å². The Balaban J connectivity index is 2.01. The predicted molar refractivity (Wildman–Crippen MR) is 74.3 cm³/mol. The SMILES string of the molecule is CCCC1CCCCN1Cc1cc(CN)c(C)o1. The third-order valence-corrected chi connectivity index (χ3v) is 4.02. The lowest BCUT2D eigenvalue weighted by atomic mass is 9.98. The molecule has 0 bridgehead atoms. The van der Waals surface area contributed by atoms with Gasteiger partial charge in [-0.2, -0.15) is 0 Å². The van der Waals surface area contributed by atoms with Crippen molar-refractivity contribution in [2.75, 3.05) is 6.54 Å². The highest BCUT2D eigenvalue weighted by Crippen LogP contribution is 2.24. The van der Waals surface area contributed by atoms with Gasteiger partial charge in [-0.1, -0.05) is 19.8 Å². The first kappa shape index (κ1) is 13.6. The highest BCUT2D eigenvalue weighted by atomic mass is 16.3. The van der Waals surface area contributed by atoms with Gasteiger partial charge in [0.25, 0.3) is 0 Å². The second-order valence-electron chi connectivity index (χ2n) is 5.41. The van der Waals surface area contributed by atoms with Crippen molar-refractivity contribution in [3.8, 4) is 0 Å². The number of nitrogens with two attached hydrogens (primary N) is 1. The third kappa shape index (κ3) is 3.15. The van der Waals surface area contributed by atoms with Gasteiger partial charge in [-0.3, -0.25) is 4.90 Å². The van der Waals surface area contributed by atoms with Gasteiger partial charge in [0, 0.05) is 18.2 Å². The second kappa shape index (κ2) is 6.39. The van der Waals surface area contributed by atoms with Gasteiger partial charge in [0.2, 0.25) is 0 Å². The van der Waals surface area contributed by atoms with E-state index in [1.54, 1.807) is 0 Å². The molecule has 2 rings (SSSR count). The molecule has 1 aromatic rings. The summed E-state index contributed by atoms with van der Waals surface area (Å²) in [5.74, 6) is 2.06. The molecule has 2 heterocycles. The highest BCUT2D eigenvalue weighted by molar-refractivity contribution is 5.20. The summed E-state index contributed by atoms with van der Waals surface area (Å²) in [6.45, 7) is 7.02. The Kier molecular flexibility index (Phi) is 4.84.